The Morgan fingerprint density at radius 1 is 1.54 bits per heavy atom. The molecule has 4 heteroatoms. The maximum atomic E-state index is 11.3. The van der Waals surface area contributed by atoms with E-state index in [1.807, 2.05) is 13.0 Å². The lowest BCUT2D eigenvalue weighted by Gasteiger charge is -2.05. The van der Waals surface area contributed by atoms with Crippen molar-refractivity contribution in [2.75, 3.05) is 5.88 Å². The summed E-state index contributed by atoms with van der Waals surface area (Å²) in [7, 11) is 0. The van der Waals surface area contributed by atoms with Crippen LogP contribution in [0.15, 0.2) is 16.6 Å². The average Bonchev–Trinajstić information content (AvgIpc) is 2.13. The Morgan fingerprint density at radius 2 is 2.15 bits per heavy atom. The van der Waals surface area contributed by atoms with Gasteiger partial charge in [0.25, 0.3) is 0 Å². The topological polar surface area (TPSA) is 17.1 Å². The third kappa shape index (κ3) is 2.25. The number of hydrogen-bond donors (Lipinski definition) is 0. The summed E-state index contributed by atoms with van der Waals surface area (Å²) in [6.07, 6.45) is 0. The summed E-state index contributed by atoms with van der Waals surface area (Å²) in [4.78, 5) is 11.3. The normalized spacial score (nSPS) is 10.2. The van der Waals surface area contributed by atoms with E-state index in [1.54, 1.807) is 6.07 Å². The Hall–Kier alpha value is -0.0500. The van der Waals surface area contributed by atoms with Gasteiger partial charge in [-0.2, -0.15) is 0 Å². The van der Waals surface area contributed by atoms with Gasteiger partial charge in [0.05, 0.1) is 10.9 Å². The fraction of sp³-hybridized carbons (Fsp3) is 0.222. The molecule has 0 spiro atoms. The number of carbonyl (C=O) groups is 1. The van der Waals surface area contributed by atoms with Gasteiger partial charge in [0, 0.05) is 10.0 Å². The van der Waals surface area contributed by atoms with Crippen molar-refractivity contribution in [3.8, 4) is 0 Å². The first kappa shape index (κ1) is 11.0. The molecule has 0 aliphatic carbocycles. The minimum atomic E-state index is -0.160. The average molecular weight is 282 g/mol. The number of halogens is 3. The molecule has 0 unspecified atom stereocenters. The summed E-state index contributed by atoms with van der Waals surface area (Å²) in [5.41, 5.74) is 1.46. The molecule has 13 heavy (non-hydrogen) atoms. The molecule has 1 rings (SSSR count). The lowest BCUT2D eigenvalue weighted by molar-refractivity contribution is 0.102. The van der Waals surface area contributed by atoms with Crippen LogP contribution in [0.25, 0.3) is 0 Å². The summed E-state index contributed by atoms with van der Waals surface area (Å²) in [6, 6.07) is 3.52. The van der Waals surface area contributed by atoms with Crippen molar-refractivity contribution in [3.63, 3.8) is 0 Å². The number of hydrogen-bond acceptors (Lipinski definition) is 1. The Bertz CT molecular complexity index is 350. The molecule has 0 heterocycles. The maximum absolute atomic E-state index is 11.3. The number of carbonyl (C=O) groups excluding carboxylic acids is 1. The zero-order valence-corrected chi connectivity index (χ0v) is 10.0. The molecule has 1 aromatic carbocycles. The van der Waals surface area contributed by atoms with E-state index in [0.717, 1.165) is 10.0 Å². The van der Waals surface area contributed by atoms with Crippen molar-refractivity contribution < 1.29 is 4.79 Å². The van der Waals surface area contributed by atoms with Gasteiger partial charge < -0.3 is 0 Å². The fourth-order valence-electron chi connectivity index (χ4n) is 0.933. The molecule has 1 aromatic rings. The molecular formula is C9H7BrCl2O. The predicted molar refractivity (Wildman–Crippen MR) is 58.9 cm³/mol. The van der Waals surface area contributed by atoms with Crippen molar-refractivity contribution in [1.82, 2.24) is 0 Å². The highest BCUT2D eigenvalue weighted by atomic mass is 79.9. The molecular weight excluding hydrogens is 275 g/mol. The van der Waals surface area contributed by atoms with Crippen molar-refractivity contribution in [2.24, 2.45) is 0 Å². The molecule has 70 valence electrons. The van der Waals surface area contributed by atoms with Crippen LogP contribution in [-0.4, -0.2) is 11.7 Å². The van der Waals surface area contributed by atoms with E-state index in [9.17, 15) is 4.79 Å². The summed E-state index contributed by atoms with van der Waals surface area (Å²) >= 11 is 14.7. The molecule has 1 nitrogen and oxygen atoms in total. The molecule has 0 N–H and O–H groups in total. The fourth-order valence-corrected chi connectivity index (χ4v) is 1.74. The van der Waals surface area contributed by atoms with Crippen LogP contribution in [0.1, 0.15) is 15.9 Å². The highest BCUT2D eigenvalue weighted by molar-refractivity contribution is 9.10. The van der Waals surface area contributed by atoms with Gasteiger partial charge in [0.2, 0.25) is 0 Å². The summed E-state index contributed by atoms with van der Waals surface area (Å²) in [5.74, 6) is -0.206. The van der Waals surface area contributed by atoms with E-state index < -0.39 is 0 Å². The first-order chi connectivity index (χ1) is 6.07. The van der Waals surface area contributed by atoms with Crippen LogP contribution in [0.2, 0.25) is 5.02 Å². The SMILES string of the molecule is Cc1ccc(C(=O)CCl)c(Cl)c1Br. The minimum Gasteiger partial charge on any atom is -0.293 e. The van der Waals surface area contributed by atoms with Gasteiger partial charge in [-0.05, 0) is 34.5 Å². The number of rotatable bonds is 2. The quantitative estimate of drug-likeness (QED) is 0.595. The van der Waals surface area contributed by atoms with Gasteiger partial charge in [-0.25, -0.2) is 0 Å². The minimum absolute atomic E-state index is 0.0464. The summed E-state index contributed by atoms with van der Waals surface area (Å²) in [5, 5.41) is 0.436. The number of aryl methyl sites for hydroxylation is 1. The van der Waals surface area contributed by atoms with Gasteiger partial charge in [-0.15, -0.1) is 11.6 Å². The van der Waals surface area contributed by atoms with Gasteiger partial charge in [-0.3, -0.25) is 4.79 Å². The lowest BCUT2D eigenvalue weighted by Crippen LogP contribution is -2.01. The van der Waals surface area contributed by atoms with Gasteiger partial charge in [0.15, 0.2) is 5.78 Å². The molecule has 0 atom stereocenters. The van der Waals surface area contributed by atoms with Crippen molar-refractivity contribution in [1.29, 1.82) is 0 Å². The van der Waals surface area contributed by atoms with E-state index in [1.165, 1.54) is 0 Å². The first-order valence-corrected chi connectivity index (χ1v) is 5.32. The molecule has 0 fully saturated rings. The van der Waals surface area contributed by atoms with Crippen molar-refractivity contribution >= 4 is 44.9 Å². The van der Waals surface area contributed by atoms with E-state index >= 15 is 0 Å². The lowest BCUT2D eigenvalue weighted by atomic mass is 10.1. The van der Waals surface area contributed by atoms with Gasteiger partial charge >= 0.3 is 0 Å². The second-order valence-corrected chi connectivity index (χ2v) is 4.05. The predicted octanol–water partition coefficient (Wildman–Crippen LogP) is 3.83. The van der Waals surface area contributed by atoms with Crippen LogP contribution in [-0.2, 0) is 0 Å². The maximum Gasteiger partial charge on any atom is 0.179 e. The van der Waals surface area contributed by atoms with Gasteiger partial charge in [0.1, 0.15) is 0 Å². The zero-order valence-electron chi connectivity index (χ0n) is 6.90. The largest absolute Gasteiger partial charge is 0.293 e. The number of alkyl halides is 1. The van der Waals surface area contributed by atoms with E-state index in [0.29, 0.717) is 10.6 Å². The zero-order chi connectivity index (χ0) is 10.0. The molecule has 0 radical (unpaired) electrons. The Labute approximate surface area is 95.2 Å². The van der Waals surface area contributed by atoms with E-state index in [-0.39, 0.29) is 11.7 Å². The molecule has 0 aromatic heterocycles. The molecule has 0 saturated carbocycles. The highest BCUT2D eigenvalue weighted by Gasteiger charge is 2.12. The molecule has 0 amide bonds. The smallest absolute Gasteiger partial charge is 0.179 e. The Morgan fingerprint density at radius 3 is 2.69 bits per heavy atom. The number of Topliss-reactive ketones (excluding diaryl/α,β-unsaturated/α-hetero) is 1. The Balaban J connectivity index is 3.26. The number of ketones is 1. The summed E-state index contributed by atoms with van der Waals surface area (Å²) < 4.78 is 0.755. The van der Waals surface area contributed by atoms with Crippen LogP contribution in [0.5, 0.6) is 0 Å². The Kier molecular flexibility index (Phi) is 3.77. The first-order valence-electron chi connectivity index (χ1n) is 3.61. The second kappa shape index (κ2) is 4.45. The third-order valence-electron chi connectivity index (χ3n) is 1.70. The van der Waals surface area contributed by atoms with Crippen LogP contribution in [0, 0.1) is 6.92 Å². The standard InChI is InChI=1S/C9H7BrCl2O/c1-5-2-3-6(7(13)4-11)9(12)8(5)10/h2-3H,4H2,1H3. The van der Waals surface area contributed by atoms with Crippen molar-refractivity contribution in [3.05, 3.63) is 32.8 Å². The van der Waals surface area contributed by atoms with Crippen LogP contribution in [0.4, 0.5) is 0 Å². The number of benzene rings is 1. The van der Waals surface area contributed by atoms with Crippen LogP contribution in [0.3, 0.4) is 0 Å². The highest BCUT2D eigenvalue weighted by Crippen LogP contribution is 2.29. The second-order valence-electron chi connectivity index (χ2n) is 2.61. The van der Waals surface area contributed by atoms with Crippen molar-refractivity contribution in [2.45, 2.75) is 6.92 Å². The monoisotopic (exact) mass is 280 g/mol. The molecule has 0 saturated heterocycles. The van der Waals surface area contributed by atoms with Crippen LogP contribution < -0.4 is 0 Å². The van der Waals surface area contributed by atoms with Gasteiger partial charge in [-0.1, -0.05) is 17.7 Å². The summed E-state index contributed by atoms with van der Waals surface area (Å²) in [6.45, 7) is 1.91. The molecule has 0 aliphatic rings. The molecule has 0 bridgehead atoms. The van der Waals surface area contributed by atoms with Crippen LogP contribution >= 0.6 is 39.1 Å². The molecule has 0 aliphatic heterocycles. The van der Waals surface area contributed by atoms with E-state index in [2.05, 4.69) is 15.9 Å². The third-order valence-corrected chi connectivity index (χ3v) is 3.58. The van der Waals surface area contributed by atoms with E-state index in [4.69, 9.17) is 23.2 Å².